The molecule has 2 aromatic heterocycles. The first-order valence-corrected chi connectivity index (χ1v) is 8.25. The van der Waals surface area contributed by atoms with E-state index in [9.17, 15) is 5.26 Å². The van der Waals surface area contributed by atoms with Gasteiger partial charge in [0.15, 0.2) is 0 Å². The van der Waals surface area contributed by atoms with E-state index in [-0.39, 0.29) is 0 Å². The summed E-state index contributed by atoms with van der Waals surface area (Å²) in [5.41, 5.74) is 6.76. The molecule has 1 aromatic carbocycles. The molecule has 0 fully saturated rings. The Morgan fingerprint density at radius 2 is 1.72 bits per heavy atom. The normalized spacial score (nSPS) is 10.2. The van der Waals surface area contributed by atoms with Crippen LogP contribution in [0.5, 0.6) is 0 Å². The van der Waals surface area contributed by atoms with Crippen LogP contribution in [0.4, 0.5) is 0 Å². The molecule has 122 valence electrons. The lowest BCUT2D eigenvalue weighted by Crippen LogP contribution is -2.00. The minimum Gasteiger partial charge on any atom is -0.256 e. The van der Waals surface area contributed by atoms with E-state index >= 15 is 0 Å². The Hall–Kier alpha value is -3.25. The zero-order chi connectivity index (χ0) is 17.6. The predicted molar refractivity (Wildman–Crippen MR) is 101 cm³/mol. The van der Waals surface area contributed by atoms with Gasteiger partial charge in [0.1, 0.15) is 0 Å². The molecule has 2 heterocycles. The summed E-state index contributed by atoms with van der Waals surface area (Å²) in [5, 5.41) is 9.42. The number of hydrogen-bond acceptors (Lipinski definition) is 3. The molecule has 3 rings (SSSR count). The summed E-state index contributed by atoms with van der Waals surface area (Å²) in [6, 6.07) is 16.3. The molecular formula is C22H19N3. The molecule has 3 nitrogen and oxygen atoms in total. The summed E-state index contributed by atoms with van der Waals surface area (Å²) in [6.07, 6.45) is 6.92. The van der Waals surface area contributed by atoms with Gasteiger partial charge in [-0.2, -0.15) is 5.26 Å². The highest BCUT2D eigenvalue weighted by Gasteiger charge is 2.11. The van der Waals surface area contributed by atoms with Crippen LogP contribution in [-0.4, -0.2) is 9.97 Å². The summed E-state index contributed by atoms with van der Waals surface area (Å²) in [5.74, 6) is 0. The lowest BCUT2D eigenvalue weighted by molar-refractivity contribution is 0.946. The van der Waals surface area contributed by atoms with Gasteiger partial charge in [-0.05, 0) is 60.7 Å². The van der Waals surface area contributed by atoms with Crippen LogP contribution in [0.15, 0.2) is 61.4 Å². The standard InChI is InChI=1S/C22H19N3/c1-3-21-19(10-6-13-24-21)22-18(9-5-14-25-22)12-11-17-8-4-7-16(2)20(17)15-23/h3-10,13-14H,1,11-12H2,2H3. The zero-order valence-electron chi connectivity index (χ0n) is 14.2. The van der Waals surface area contributed by atoms with Gasteiger partial charge >= 0.3 is 0 Å². The quantitative estimate of drug-likeness (QED) is 0.680. The summed E-state index contributed by atoms with van der Waals surface area (Å²) in [7, 11) is 0. The van der Waals surface area contributed by atoms with Gasteiger partial charge in [-0.25, -0.2) is 0 Å². The molecule has 0 amide bonds. The van der Waals surface area contributed by atoms with Crippen LogP contribution in [0, 0.1) is 18.3 Å². The van der Waals surface area contributed by atoms with Crippen LogP contribution in [0.1, 0.15) is 27.9 Å². The molecule has 0 aliphatic heterocycles. The van der Waals surface area contributed by atoms with Crippen molar-refractivity contribution in [3.05, 3.63) is 89.4 Å². The van der Waals surface area contributed by atoms with Gasteiger partial charge in [-0.15, -0.1) is 0 Å². The molecule has 3 aromatic rings. The van der Waals surface area contributed by atoms with Gasteiger partial charge in [0.2, 0.25) is 0 Å². The number of hydrogen-bond donors (Lipinski definition) is 0. The van der Waals surface area contributed by atoms with E-state index in [1.807, 2.05) is 43.3 Å². The Morgan fingerprint density at radius 3 is 2.52 bits per heavy atom. The molecule has 0 aliphatic carbocycles. The maximum atomic E-state index is 9.42. The van der Waals surface area contributed by atoms with Gasteiger partial charge in [-0.3, -0.25) is 9.97 Å². The van der Waals surface area contributed by atoms with E-state index in [0.717, 1.165) is 52.0 Å². The minimum absolute atomic E-state index is 0.779. The Kier molecular flexibility index (Phi) is 5.01. The summed E-state index contributed by atoms with van der Waals surface area (Å²) >= 11 is 0. The second kappa shape index (κ2) is 7.55. The van der Waals surface area contributed by atoms with Crippen LogP contribution in [0.25, 0.3) is 17.3 Å². The number of rotatable bonds is 5. The van der Waals surface area contributed by atoms with Crippen LogP contribution in [0.3, 0.4) is 0 Å². The van der Waals surface area contributed by atoms with Crippen LogP contribution >= 0.6 is 0 Å². The predicted octanol–water partition coefficient (Wildman–Crippen LogP) is 4.75. The Bertz CT molecular complexity index is 951. The molecule has 0 saturated heterocycles. The lowest BCUT2D eigenvalue weighted by atomic mass is 9.95. The monoisotopic (exact) mass is 325 g/mol. The molecule has 0 saturated carbocycles. The summed E-state index contributed by atoms with van der Waals surface area (Å²) < 4.78 is 0. The van der Waals surface area contributed by atoms with Gasteiger partial charge in [0, 0.05) is 18.0 Å². The second-order valence-corrected chi connectivity index (χ2v) is 5.87. The third-order valence-corrected chi connectivity index (χ3v) is 4.31. The fraction of sp³-hybridized carbons (Fsp3) is 0.136. The van der Waals surface area contributed by atoms with Crippen molar-refractivity contribution in [3.8, 4) is 17.3 Å². The van der Waals surface area contributed by atoms with Crippen molar-refractivity contribution in [2.45, 2.75) is 19.8 Å². The molecule has 0 bridgehead atoms. The van der Waals surface area contributed by atoms with Crippen molar-refractivity contribution in [1.82, 2.24) is 9.97 Å². The van der Waals surface area contributed by atoms with Gasteiger partial charge in [0.25, 0.3) is 0 Å². The SMILES string of the molecule is C=Cc1ncccc1-c1ncccc1CCc1cccc(C)c1C#N. The topological polar surface area (TPSA) is 49.6 Å². The summed E-state index contributed by atoms with van der Waals surface area (Å²) in [6.45, 7) is 5.82. The van der Waals surface area contributed by atoms with Crippen molar-refractivity contribution in [2.24, 2.45) is 0 Å². The van der Waals surface area contributed by atoms with Gasteiger partial charge < -0.3 is 0 Å². The first kappa shape index (κ1) is 16.6. The maximum Gasteiger partial charge on any atom is 0.0997 e. The molecular weight excluding hydrogens is 306 g/mol. The molecule has 0 atom stereocenters. The maximum absolute atomic E-state index is 9.42. The fourth-order valence-corrected chi connectivity index (χ4v) is 3.03. The Labute approximate surface area is 148 Å². The molecule has 0 aliphatic rings. The highest BCUT2D eigenvalue weighted by Crippen LogP contribution is 2.26. The van der Waals surface area contributed by atoms with Crippen molar-refractivity contribution in [2.75, 3.05) is 0 Å². The number of pyridine rings is 2. The lowest BCUT2D eigenvalue weighted by Gasteiger charge is -2.11. The highest BCUT2D eigenvalue weighted by atomic mass is 14.7. The van der Waals surface area contributed by atoms with E-state index in [4.69, 9.17) is 0 Å². The Morgan fingerprint density at radius 1 is 1.00 bits per heavy atom. The smallest absolute Gasteiger partial charge is 0.0997 e. The van der Waals surface area contributed by atoms with Crippen molar-refractivity contribution < 1.29 is 0 Å². The number of nitriles is 1. The largest absolute Gasteiger partial charge is 0.256 e. The fourth-order valence-electron chi connectivity index (χ4n) is 3.03. The highest BCUT2D eigenvalue weighted by molar-refractivity contribution is 5.72. The molecule has 25 heavy (non-hydrogen) atoms. The first-order chi connectivity index (χ1) is 12.2. The van der Waals surface area contributed by atoms with Crippen molar-refractivity contribution >= 4 is 6.08 Å². The van der Waals surface area contributed by atoms with E-state index in [0.29, 0.717) is 0 Å². The van der Waals surface area contributed by atoms with Crippen molar-refractivity contribution in [1.29, 1.82) is 5.26 Å². The number of nitrogens with zero attached hydrogens (tertiary/aromatic N) is 3. The minimum atomic E-state index is 0.779. The molecule has 0 unspecified atom stereocenters. The third-order valence-electron chi connectivity index (χ3n) is 4.31. The van der Waals surface area contributed by atoms with E-state index in [1.54, 1.807) is 18.5 Å². The van der Waals surface area contributed by atoms with Gasteiger partial charge in [0.05, 0.1) is 23.0 Å². The third kappa shape index (κ3) is 3.49. The second-order valence-electron chi connectivity index (χ2n) is 5.87. The van der Waals surface area contributed by atoms with Gasteiger partial charge in [-0.1, -0.05) is 30.8 Å². The molecule has 0 radical (unpaired) electrons. The molecule has 3 heteroatoms. The average molecular weight is 325 g/mol. The zero-order valence-corrected chi connectivity index (χ0v) is 14.2. The number of aryl methyl sites for hydroxylation is 3. The number of aromatic nitrogens is 2. The van der Waals surface area contributed by atoms with E-state index in [1.165, 1.54) is 0 Å². The van der Waals surface area contributed by atoms with E-state index < -0.39 is 0 Å². The van der Waals surface area contributed by atoms with E-state index in [2.05, 4.69) is 28.7 Å². The number of benzene rings is 1. The first-order valence-electron chi connectivity index (χ1n) is 8.25. The van der Waals surface area contributed by atoms with Crippen molar-refractivity contribution in [3.63, 3.8) is 0 Å². The Balaban J connectivity index is 1.94. The average Bonchev–Trinajstić information content (AvgIpc) is 2.66. The summed E-state index contributed by atoms with van der Waals surface area (Å²) in [4.78, 5) is 8.95. The van der Waals surface area contributed by atoms with Crippen LogP contribution in [-0.2, 0) is 12.8 Å². The van der Waals surface area contributed by atoms with Crippen LogP contribution in [0.2, 0.25) is 0 Å². The molecule has 0 N–H and O–H groups in total. The molecule has 0 spiro atoms. The van der Waals surface area contributed by atoms with Crippen LogP contribution < -0.4 is 0 Å².